The van der Waals surface area contributed by atoms with Crippen LogP contribution < -0.4 is 10.5 Å². The molecule has 0 saturated heterocycles. The summed E-state index contributed by atoms with van der Waals surface area (Å²) < 4.78 is 68.8. The van der Waals surface area contributed by atoms with Crippen molar-refractivity contribution in [3.8, 4) is 11.1 Å². The van der Waals surface area contributed by atoms with Crippen molar-refractivity contribution < 1.29 is 21.6 Å². The number of aromatic nitrogens is 2. The lowest BCUT2D eigenvalue weighted by molar-refractivity contribution is -0.139. The molecule has 158 valence electrons. The van der Waals surface area contributed by atoms with Gasteiger partial charge in [-0.15, -0.1) is 0 Å². The Hall–Kier alpha value is -3.14. The number of sulfonamides is 1. The molecular formula is C20H19F3N4O2S. The number of benzene rings is 2. The molecule has 0 aliphatic rings. The van der Waals surface area contributed by atoms with Crippen molar-refractivity contribution in [1.82, 2.24) is 9.97 Å². The third-order valence-corrected chi connectivity index (χ3v) is 6.07. The number of anilines is 2. The summed E-state index contributed by atoms with van der Waals surface area (Å²) in [5.41, 5.74) is 7.16. The van der Waals surface area contributed by atoms with Gasteiger partial charge in [0.05, 0.1) is 11.3 Å². The Morgan fingerprint density at radius 2 is 1.70 bits per heavy atom. The molecule has 3 rings (SSSR count). The number of hydrogen-bond acceptors (Lipinski definition) is 5. The molecule has 0 aliphatic carbocycles. The van der Waals surface area contributed by atoms with Crippen LogP contribution in [-0.4, -0.2) is 18.4 Å². The van der Waals surface area contributed by atoms with Crippen LogP contribution in [0.15, 0.2) is 47.5 Å². The maximum atomic E-state index is 13.6. The number of nitrogens with two attached hydrogens (primary N) is 1. The van der Waals surface area contributed by atoms with Gasteiger partial charge in [-0.05, 0) is 61.7 Å². The molecule has 6 nitrogen and oxygen atoms in total. The van der Waals surface area contributed by atoms with E-state index in [2.05, 4.69) is 14.7 Å². The second-order valence-corrected chi connectivity index (χ2v) is 8.49. The number of nitrogens with zero attached hydrogens (tertiary/aromatic N) is 2. The lowest BCUT2D eigenvalue weighted by Gasteiger charge is -2.17. The van der Waals surface area contributed by atoms with Gasteiger partial charge in [0.1, 0.15) is 4.90 Å². The fraction of sp³-hybridized carbons (Fsp3) is 0.200. The molecule has 10 heteroatoms. The van der Waals surface area contributed by atoms with Crippen molar-refractivity contribution >= 4 is 21.7 Å². The van der Waals surface area contributed by atoms with Crippen molar-refractivity contribution in [2.45, 2.75) is 31.8 Å². The highest BCUT2D eigenvalue weighted by Crippen LogP contribution is 2.37. The maximum absolute atomic E-state index is 13.6. The van der Waals surface area contributed by atoms with Crippen molar-refractivity contribution in [2.75, 3.05) is 10.5 Å². The minimum Gasteiger partial charge on any atom is -0.368 e. The van der Waals surface area contributed by atoms with Crippen LogP contribution in [0.25, 0.3) is 11.1 Å². The number of hydrogen-bond donors (Lipinski definition) is 2. The lowest BCUT2D eigenvalue weighted by atomic mass is 10.0. The van der Waals surface area contributed by atoms with Crippen molar-refractivity contribution in [2.24, 2.45) is 0 Å². The van der Waals surface area contributed by atoms with Gasteiger partial charge in [0, 0.05) is 17.4 Å². The first kappa shape index (κ1) is 21.6. The van der Waals surface area contributed by atoms with Gasteiger partial charge in [-0.3, -0.25) is 4.72 Å². The van der Waals surface area contributed by atoms with Crippen LogP contribution in [0.3, 0.4) is 0 Å². The normalized spacial score (nSPS) is 12.1. The highest BCUT2D eigenvalue weighted by molar-refractivity contribution is 7.92. The molecule has 1 aromatic heterocycles. The molecular weight excluding hydrogens is 417 g/mol. The molecule has 0 saturated carbocycles. The summed E-state index contributed by atoms with van der Waals surface area (Å²) in [4.78, 5) is 6.94. The van der Waals surface area contributed by atoms with Crippen molar-refractivity contribution in [1.29, 1.82) is 0 Å². The highest BCUT2D eigenvalue weighted by atomic mass is 32.2. The third kappa shape index (κ3) is 4.38. The number of nitrogens with one attached hydrogen (secondary N) is 1. The first-order valence-electron chi connectivity index (χ1n) is 8.79. The predicted molar refractivity (Wildman–Crippen MR) is 108 cm³/mol. The minimum absolute atomic E-state index is 0.00687. The molecule has 1 heterocycles. The average Bonchev–Trinajstić information content (AvgIpc) is 2.63. The van der Waals surface area contributed by atoms with E-state index < -0.39 is 26.7 Å². The predicted octanol–water partition coefficient (Wildman–Crippen LogP) is 4.47. The summed E-state index contributed by atoms with van der Waals surface area (Å²) in [6.07, 6.45) is -3.52. The summed E-state index contributed by atoms with van der Waals surface area (Å²) >= 11 is 0. The van der Waals surface area contributed by atoms with Gasteiger partial charge in [-0.1, -0.05) is 12.1 Å². The number of rotatable bonds is 4. The third-order valence-electron chi connectivity index (χ3n) is 4.64. The number of aryl methyl sites for hydroxylation is 3. The van der Waals surface area contributed by atoms with E-state index in [1.54, 1.807) is 26.0 Å². The second-order valence-electron chi connectivity index (χ2n) is 6.84. The van der Waals surface area contributed by atoms with E-state index in [0.717, 1.165) is 23.3 Å². The van der Waals surface area contributed by atoms with Gasteiger partial charge < -0.3 is 5.73 Å². The fourth-order valence-corrected chi connectivity index (χ4v) is 4.23. The number of nitrogen functional groups attached to an aromatic ring is 1. The van der Waals surface area contributed by atoms with Gasteiger partial charge in [-0.2, -0.15) is 13.2 Å². The van der Waals surface area contributed by atoms with E-state index in [1.807, 2.05) is 6.92 Å². The SMILES string of the molecule is Cc1ccc(NS(=O)(=O)c2cc(-c3cnc(N)nc3C)ccc2C(F)(F)F)cc1C. The van der Waals surface area contributed by atoms with E-state index in [0.29, 0.717) is 11.3 Å². The summed E-state index contributed by atoms with van der Waals surface area (Å²) in [5, 5.41) is 0. The van der Waals surface area contributed by atoms with Crippen LogP contribution in [0, 0.1) is 20.8 Å². The molecule has 0 aliphatic heterocycles. The van der Waals surface area contributed by atoms with E-state index >= 15 is 0 Å². The summed E-state index contributed by atoms with van der Waals surface area (Å²) in [6.45, 7) is 5.22. The van der Waals surface area contributed by atoms with Gasteiger partial charge in [-0.25, -0.2) is 18.4 Å². The molecule has 0 radical (unpaired) electrons. The summed E-state index contributed by atoms with van der Waals surface area (Å²) in [6, 6.07) is 7.62. The second kappa shape index (κ2) is 7.60. The average molecular weight is 436 g/mol. The van der Waals surface area contributed by atoms with Crippen LogP contribution in [0.1, 0.15) is 22.4 Å². The van der Waals surface area contributed by atoms with E-state index in [-0.39, 0.29) is 17.2 Å². The quantitative estimate of drug-likeness (QED) is 0.629. The zero-order valence-electron chi connectivity index (χ0n) is 16.4. The molecule has 0 fully saturated rings. The van der Waals surface area contributed by atoms with Crippen LogP contribution in [0.2, 0.25) is 0 Å². The molecule has 0 atom stereocenters. The summed E-state index contributed by atoms with van der Waals surface area (Å²) in [5.74, 6) is 0.00687. The highest BCUT2D eigenvalue weighted by Gasteiger charge is 2.37. The van der Waals surface area contributed by atoms with Gasteiger partial charge in [0.25, 0.3) is 10.0 Å². The molecule has 3 N–H and O–H groups in total. The first-order valence-corrected chi connectivity index (χ1v) is 10.3. The van der Waals surface area contributed by atoms with Crippen LogP contribution >= 0.6 is 0 Å². The fourth-order valence-electron chi connectivity index (χ4n) is 2.93. The topological polar surface area (TPSA) is 98.0 Å². The number of alkyl halides is 3. The lowest BCUT2D eigenvalue weighted by Crippen LogP contribution is -2.19. The largest absolute Gasteiger partial charge is 0.417 e. The Morgan fingerprint density at radius 3 is 2.30 bits per heavy atom. The molecule has 0 unspecified atom stereocenters. The van der Waals surface area contributed by atoms with E-state index in [4.69, 9.17) is 5.73 Å². The molecule has 30 heavy (non-hydrogen) atoms. The molecule has 0 amide bonds. The standard InChI is InChI=1S/C20H19F3N4O2S/c1-11-4-6-15(8-12(11)2)27-30(28,29)18-9-14(5-7-17(18)20(21,22)23)16-10-25-19(24)26-13(16)3/h4-10,27H,1-3H3,(H2,24,25,26). The monoisotopic (exact) mass is 436 g/mol. The summed E-state index contributed by atoms with van der Waals surface area (Å²) in [7, 11) is -4.54. The van der Waals surface area contributed by atoms with Crippen molar-refractivity contribution in [3.05, 3.63) is 65.0 Å². The Kier molecular flexibility index (Phi) is 5.46. The van der Waals surface area contributed by atoms with E-state index in [1.165, 1.54) is 18.3 Å². The van der Waals surface area contributed by atoms with Crippen molar-refractivity contribution in [3.63, 3.8) is 0 Å². The minimum atomic E-state index is -4.86. The van der Waals surface area contributed by atoms with Gasteiger partial charge in [0.15, 0.2) is 0 Å². The zero-order valence-corrected chi connectivity index (χ0v) is 17.2. The van der Waals surface area contributed by atoms with E-state index in [9.17, 15) is 21.6 Å². The van der Waals surface area contributed by atoms with Gasteiger partial charge >= 0.3 is 6.18 Å². The van der Waals surface area contributed by atoms with Gasteiger partial charge in [0.2, 0.25) is 5.95 Å². The maximum Gasteiger partial charge on any atom is 0.417 e. The molecule has 3 aromatic rings. The molecule has 0 bridgehead atoms. The smallest absolute Gasteiger partial charge is 0.368 e. The van der Waals surface area contributed by atoms with Crippen LogP contribution in [-0.2, 0) is 16.2 Å². The molecule has 0 spiro atoms. The number of halogens is 3. The Balaban J connectivity index is 2.15. The Morgan fingerprint density at radius 1 is 1.00 bits per heavy atom. The Bertz CT molecular complexity index is 1230. The zero-order chi connectivity index (χ0) is 22.3. The first-order chi connectivity index (χ1) is 13.9. The van der Waals surface area contributed by atoms with Crippen LogP contribution in [0.4, 0.5) is 24.8 Å². The van der Waals surface area contributed by atoms with Crippen LogP contribution in [0.5, 0.6) is 0 Å². The molecule has 2 aromatic carbocycles. The Labute approximate surface area is 172 Å².